The molecule has 0 bridgehead atoms. The van der Waals surface area contributed by atoms with Crippen molar-refractivity contribution in [2.45, 2.75) is 6.92 Å². The average Bonchev–Trinajstić information content (AvgIpc) is 2.35. The fraction of sp³-hybridized carbons (Fsp3) is 0.417. The van der Waals surface area contributed by atoms with Gasteiger partial charge in [0.25, 0.3) is 0 Å². The molecule has 1 unspecified atom stereocenters. The quantitative estimate of drug-likeness (QED) is 0.905. The molecular formula is C12H15BrN2OS. The third kappa shape index (κ3) is 3.39. The number of benzene rings is 1. The molecule has 1 aliphatic heterocycles. The molecule has 0 saturated carbocycles. The molecule has 2 rings (SSSR count). The SMILES string of the molecule is COc1ccc(Br)c(NC2=NCC(C)CS2)c1. The summed E-state index contributed by atoms with van der Waals surface area (Å²) < 4.78 is 6.22. The van der Waals surface area contributed by atoms with Crippen molar-refractivity contribution in [1.82, 2.24) is 0 Å². The van der Waals surface area contributed by atoms with Gasteiger partial charge in [0, 0.05) is 22.8 Å². The molecule has 92 valence electrons. The van der Waals surface area contributed by atoms with E-state index < -0.39 is 0 Å². The van der Waals surface area contributed by atoms with Crippen molar-refractivity contribution < 1.29 is 4.74 Å². The number of nitrogens with one attached hydrogen (secondary N) is 1. The summed E-state index contributed by atoms with van der Waals surface area (Å²) in [5.74, 6) is 2.62. The highest BCUT2D eigenvalue weighted by Crippen LogP contribution is 2.29. The van der Waals surface area contributed by atoms with Crippen LogP contribution in [0.2, 0.25) is 0 Å². The lowest BCUT2D eigenvalue weighted by atomic mass is 10.2. The molecule has 0 radical (unpaired) electrons. The summed E-state index contributed by atoms with van der Waals surface area (Å²) in [5, 5.41) is 4.31. The first-order valence-electron chi connectivity index (χ1n) is 5.47. The first-order chi connectivity index (χ1) is 8.19. The van der Waals surface area contributed by atoms with Crippen LogP contribution < -0.4 is 10.1 Å². The summed E-state index contributed by atoms with van der Waals surface area (Å²) in [7, 11) is 1.67. The van der Waals surface area contributed by atoms with E-state index in [0.717, 1.165) is 33.4 Å². The van der Waals surface area contributed by atoms with Crippen LogP contribution in [0.15, 0.2) is 27.7 Å². The van der Waals surface area contributed by atoms with Crippen LogP contribution in [0, 0.1) is 5.92 Å². The van der Waals surface area contributed by atoms with E-state index in [9.17, 15) is 0 Å². The smallest absolute Gasteiger partial charge is 0.161 e. The van der Waals surface area contributed by atoms with Crippen LogP contribution >= 0.6 is 27.7 Å². The van der Waals surface area contributed by atoms with Crippen molar-refractivity contribution in [2.75, 3.05) is 24.7 Å². The van der Waals surface area contributed by atoms with Crippen molar-refractivity contribution in [3.63, 3.8) is 0 Å². The highest BCUT2D eigenvalue weighted by Gasteiger charge is 2.13. The van der Waals surface area contributed by atoms with Crippen molar-refractivity contribution in [3.05, 3.63) is 22.7 Å². The number of hydrogen-bond donors (Lipinski definition) is 1. The Kier molecular flexibility index (Phi) is 4.34. The highest BCUT2D eigenvalue weighted by atomic mass is 79.9. The average molecular weight is 315 g/mol. The number of thioether (sulfide) groups is 1. The summed E-state index contributed by atoms with van der Waals surface area (Å²) in [5.41, 5.74) is 0.991. The fourth-order valence-electron chi connectivity index (χ4n) is 1.48. The number of rotatable bonds is 2. The van der Waals surface area contributed by atoms with E-state index in [1.165, 1.54) is 0 Å². The molecule has 0 fully saturated rings. The molecule has 1 heterocycles. The van der Waals surface area contributed by atoms with E-state index in [-0.39, 0.29) is 0 Å². The monoisotopic (exact) mass is 314 g/mol. The molecule has 17 heavy (non-hydrogen) atoms. The summed E-state index contributed by atoms with van der Waals surface area (Å²) in [4.78, 5) is 4.51. The van der Waals surface area contributed by atoms with Gasteiger partial charge in [0.15, 0.2) is 5.17 Å². The van der Waals surface area contributed by atoms with E-state index in [4.69, 9.17) is 4.74 Å². The number of halogens is 1. The topological polar surface area (TPSA) is 33.6 Å². The first-order valence-corrected chi connectivity index (χ1v) is 7.24. The number of nitrogens with zero attached hydrogens (tertiary/aromatic N) is 1. The Labute approximate surface area is 114 Å². The highest BCUT2D eigenvalue weighted by molar-refractivity contribution is 9.10. The number of hydrogen-bond acceptors (Lipinski definition) is 4. The van der Waals surface area contributed by atoms with E-state index in [1.54, 1.807) is 18.9 Å². The lowest BCUT2D eigenvalue weighted by Gasteiger charge is -2.18. The molecular weight excluding hydrogens is 300 g/mol. The van der Waals surface area contributed by atoms with Crippen LogP contribution in [-0.2, 0) is 0 Å². The Balaban J connectivity index is 2.12. The second kappa shape index (κ2) is 5.78. The van der Waals surface area contributed by atoms with Crippen LogP contribution in [-0.4, -0.2) is 24.6 Å². The number of anilines is 1. The molecule has 0 amide bonds. The van der Waals surface area contributed by atoms with Gasteiger partial charge in [0.1, 0.15) is 5.75 Å². The fourth-order valence-corrected chi connectivity index (χ4v) is 2.72. The summed E-state index contributed by atoms with van der Waals surface area (Å²) in [6, 6.07) is 5.86. The number of amidine groups is 1. The van der Waals surface area contributed by atoms with Gasteiger partial charge in [-0.3, -0.25) is 4.99 Å². The van der Waals surface area contributed by atoms with E-state index >= 15 is 0 Å². The van der Waals surface area contributed by atoms with Gasteiger partial charge in [-0.1, -0.05) is 18.7 Å². The third-order valence-electron chi connectivity index (χ3n) is 2.47. The molecule has 0 aromatic heterocycles. The Morgan fingerprint density at radius 1 is 1.53 bits per heavy atom. The number of ether oxygens (including phenoxy) is 1. The van der Waals surface area contributed by atoms with Crippen molar-refractivity contribution in [2.24, 2.45) is 10.9 Å². The maximum Gasteiger partial charge on any atom is 0.161 e. The van der Waals surface area contributed by atoms with Gasteiger partial charge in [-0.05, 0) is 34.0 Å². The second-order valence-corrected chi connectivity index (χ2v) is 5.90. The Morgan fingerprint density at radius 2 is 2.35 bits per heavy atom. The molecule has 0 spiro atoms. The van der Waals surface area contributed by atoms with Crippen LogP contribution in [0.5, 0.6) is 5.75 Å². The maximum atomic E-state index is 5.21. The lowest BCUT2D eigenvalue weighted by molar-refractivity contribution is 0.415. The van der Waals surface area contributed by atoms with Crippen LogP contribution in [0.25, 0.3) is 0 Å². The van der Waals surface area contributed by atoms with Crippen LogP contribution in [0.4, 0.5) is 5.69 Å². The predicted molar refractivity (Wildman–Crippen MR) is 78.2 cm³/mol. The van der Waals surface area contributed by atoms with Crippen LogP contribution in [0.3, 0.4) is 0 Å². The van der Waals surface area contributed by atoms with Crippen molar-refractivity contribution in [3.8, 4) is 5.75 Å². The molecule has 1 aromatic carbocycles. The molecule has 1 aromatic rings. The minimum absolute atomic E-state index is 0.666. The predicted octanol–water partition coefficient (Wildman–Crippen LogP) is 3.61. The van der Waals surface area contributed by atoms with E-state index in [0.29, 0.717) is 5.92 Å². The van der Waals surface area contributed by atoms with Crippen molar-refractivity contribution >= 4 is 38.5 Å². The minimum Gasteiger partial charge on any atom is -0.497 e. The zero-order chi connectivity index (χ0) is 12.3. The second-order valence-electron chi connectivity index (χ2n) is 4.03. The van der Waals surface area contributed by atoms with Gasteiger partial charge in [0.05, 0.1) is 12.8 Å². The Morgan fingerprint density at radius 3 is 3.00 bits per heavy atom. The first kappa shape index (κ1) is 12.8. The molecule has 1 atom stereocenters. The molecule has 0 saturated heterocycles. The zero-order valence-electron chi connectivity index (χ0n) is 9.87. The van der Waals surface area contributed by atoms with E-state index in [2.05, 4.69) is 33.2 Å². The normalized spacial score (nSPS) is 19.7. The largest absolute Gasteiger partial charge is 0.497 e. The molecule has 3 nitrogen and oxygen atoms in total. The van der Waals surface area contributed by atoms with Gasteiger partial charge in [-0.2, -0.15) is 0 Å². The number of methoxy groups -OCH3 is 1. The standard InChI is InChI=1S/C12H15BrN2OS/c1-8-6-14-12(17-7-8)15-11-5-9(16-2)3-4-10(11)13/h3-5,8H,6-7H2,1-2H3,(H,14,15). The minimum atomic E-state index is 0.666. The zero-order valence-corrected chi connectivity index (χ0v) is 12.3. The number of aliphatic imine (C=N–C) groups is 1. The summed E-state index contributed by atoms with van der Waals surface area (Å²) >= 11 is 5.28. The Hall–Kier alpha value is -0.680. The van der Waals surface area contributed by atoms with Gasteiger partial charge in [-0.15, -0.1) is 0 Å². The van der Waals surface area contributed by atoms with Crippen LogP contribution in [0.1, 0.15) is 6.92 Å². The van der Waals surface area contributed by atoms with Gasteiger partial charge < -0.3 is 10.1 Å². The molecule has 1 N–H and O–H groups in total. The maximum absolute atomic E-state index is 5.21. The lowest BCUT2D eigenvalue weighted by Crippen LogP contribution is -2.18. The van der Waals surface area contributed by atoms with E-state index in [1.807, 2.05) is 18.2 Å². The third-order valence-corrected chi connectivity index (χ3v) is 4.40. The van der Waals surface area contributed by atoms with Crippen molar-refractivity contribution in [1.29, 1.82) is 0 Å². The summed E-state index contributed by atoms with van der Waals surface area (Å²) in [6.07, 6.45) is 0. The Bertz CT molecular complexity index is 437. The van der Waals surface area contributed by atoms with Gasteiger partial charge in [0.2, 0.25) is 0 Å². The van der Waals surface area contributed by atoms with Gasteiger partial charge >= 0.3 is 0 Å². The summed E-state index contributed by atoms with van der Waals surface area (Å²) in [6.45, 7) is 3.12. The molecule has 5 heteroatoms. The molecule has 1 aliphatic rings. The molecule has 0 aliphatic carbocycles. The van der Waals surface area contributed by atoms with Gasteiger partial charge in [-0.25, -0.2) is 0 Å².